The van der Waals surface area contributed by atoms with Gasteiger partial charge in [-0.1, -0.05) is 6.92 Å². The molecule has 1 rings (SSSR count). The molecule has 0 radical (unpaired) electrons. The molecule has 0 spiro atoms. The third-order valence-corrected chi connectivity index (χ3v) is 3.76. The monoisotopic (exact) mass is 283 g/mol. The Morgan fingerprint density at radius 1 is 1.26 bits per heavy atom. The maximum Gasteiger partial charge on any atom is 0.401 e. The summed E-state index contributed by atoms with van der Waals surface area (Å²) in [5.41, 5.74) is -1.01. The van der Waals surface area contributed by atoms with Gasteiger partial charge in [0.05, 0.1) is 12.1 Å². The number of alkyl halides is 3. The van der Waals surface area contributed by atoms with Crippen LogP contribution in [0.1, 0.15) is 39.0 Å². The molecule has 0 aromatic rings. The van der Waals surface area contributed by atoms with Gasteiger partial charge in [-0.25, -0.2) is 0 Å². The van der Waals surface area contributed by atoms with Crippen LogP contribution in [-0.4, -0.2) is 53.1 Å². The minimum Gasteiger partial charge on any atom is -0.396 e. The van der Waals surface area contributed by atoms with E-state index >= 15 is 0 Å². The van der Waals surface area contributed by atoms with E-state index in [9.17, 15) is 18.3 Å². The van der Waals surface area contributed by atoms with Crippen LogP contribution in [0.25, 0.3) is 0 Å². The average Bonchev–Trinajstić information content (AvgIpc) is 2.28. The Morgan fingerprint density at radius 3 is 2.32 bits per heavy atom. The van der Waals surface area contributed by atoms with Gasteiger partial charge >= 0.3 is 6.18 Å². The van der Waals surface area contributed by atoms with Crippen molar-refractivity contribution >= 4 is 0 Å². The maximum atomic E-state index is 12.5. The number of nitrogens with zero attached hydrogens (tertiary/aromatic N) is 1. The lowest BCUT2D eigenvalue weighted by Crippen LogP contribution is -2.48. The molecule has 1 fully saturated rings. The number of halogens is 3. The van der Waals surface area contributed by atoms with Crippen molar-refractivity contribution < 1.29 is 23.4 Å². The highest BCUT2D eigenvalue weighted by atomic mass is 19.4. The van der Waals surface area contributed by atoms with Crippen LogP contribution in [-0.2, 0) is 0 Å². The highest BCUT2D eigenvalue weighted by Crippen LogP contribution is 2.33. The molecule has 0 amide bonds. The SMILES string of the molecule is CC1CCC(O)(CN(CCCO)CC(F)(F)F)CC1. The Labute approximate surface area is 112 Å². The Balaban J connectivity index is 2.55. The average molecular weight is 283 g/mol. The van der Waals surface area contributed by atoms with Gasteiger partial charge in [0.1, 0.15) is 0 Å². The van der Waals surface area contributed by atoms with E-state index in [4.69, 9.17) is 5.11 Å². The summed E-state index contributed by atoms with van der Waals surface area (Å²) in [6.45, 7) is 1.14. The molecule has 0 atom stereocenters. The summed E-state index contributed by atoms with van der Waals surface area (Å²) in [4.78, 5) is 1.21. The second kappa shape index (κ2) is 6.90. The highest BCUT2D eigenvalue weighted by Gasteiger charge is 2.37. The van der Waals surface area contributed by atoms with Crippen LogP contribution in [0.3, 0.4) is 0 Å². The fourth-order valence-electron chi connectivity index (χ4n) is 2.64. The van der Waals surface area contributed by atoms with Crippen LogP contribution in [0.15, 0.2) is 0 Å². The standard InChI is InChI=1S/C13H24F3NO2/c1-11-3-5-12(19,6-4-11)9-17(7-2-8-18)10-13(14,15)16/h11,18-19H,2-10H2,1H3. The molecule has 1 aliphatic rings. The van der Waals surface area contributed by atoms with Crippen molar-refractivity contribution in [1.29, 1.82) is 0 Å². The number of aliphatic hydroxyl groups is 2. The van der Waals surface area contributed by atoms with Crippen LogP contribution < -0.4 is 0 Å². The molecular formula is C13H24F3NO2. The van der Waals surface area contributed by atoms with Gasteiger partial charge in [-0.2, -0.15) is 13.2 Å². The van der Waals surface area contributed by atoms with Crippen molar-refractivity contribution in [2.24, 2.45) is 5.92 Å². The third kappa shape index (κ3) is 6.58. The molecule has 0 heterocycles. The molecule has 19 heavy (non-hydrogen) atoms. The van der Waals surface area contributed by atoms with E-state index in [0.29, 0.717) is 25.2 Å². The van der Waals surface area contributed by atoms with Gasteiger partial charge in [-0.3, -0.25) is 4.90 Å². The van der Waals surface area contributed by atoms with Crippen molar-refractivity contribution in [3.05, 3.63) is 0 Å². The van der Waals surface area contributed by atoms with Gasteiger partial charge in [-0.05, 0) is 38.0 Å². The zero-order valence-electron chi connectivity index (χ0n) is 11.4. The molecule has 0 aliphatic heterocycles. The molecule has 114 valence electrons. The van der Waals surface area contributed by atoms with Crippen molar-refractivity contribution in [2.75, 3.05) is 26.2 Å². The molecule has 0 unspecified atom stereocenters. The molecule has 0 aromatic carbocycles. The Kier molecular flexibility index (Phi) is 6.08. The van der Waals surface area contributed by atoms with E-state index in [2.05, 4.69) is 6.92 Å². The predicted molar refractivity (Wildman–Crippen MR) is 66.8 cm³/mol. The van der Waals surface area contributed by atoms with Crippen molar-refractivity contribution in [1.82, 2.24) is 4.90 Å². The predicted octanol–water partition coefficient (Wildman–Crippen LogP) is 2.17. The molecule has 1 aliphatic carbocycles. The second-order valence-corrected chi connectivity index (χ2v) is 5.81. The van der Waals surface area contributed by atoms with Gasteiger partial charge in [0.2, 0.25) is 0 Å². The number of hydrogen-bond acceptors (Lipinski definition) is 3. The molecule has 0 bridgehead atoms. The first-order valence-corrected chi connectivity index (χ1v) is 6.86. The smallest absolute Gasteiger partial charge is 0.396 e. The summed E-state index contributed by atoms with van der Waals surface area (Å²) in [6, 6.07) is 0. The number of aliphatic hydroxyl groups excluding tert-OH is 1. The van der Waals surface area contributed by atoms with Gasteiger partial charge in [0, 0.05) is 19.7 Å². The summed E-state index contributed by atoms with van der Waals surface area (Å²) in [6.07, 6.45) is -1.15. The van der Waals surface area contributed by atoms with Crippen LogP contribution in [0, 0.1) is 5.92 Å². The lowest BCUT2D eigenvalue weighted by molar-refractivity contribution is -0.155. The van der Waals surface area contributed by atoms with E-state index < -0.39 is 18.3 Å². The fourth-order valence-corrected chi connectivity index (χ4v) is 2.64. The molecule has 1 saturated carbocycles. The summed E-state index contributed by atoms with van der Waals surface area (Å²) in [7, 11) is 0. The van der Waals surface area contributed by atoms with Gasteiger partial charge in [-0.15, -0.1) is 0 Å². The number of rotatable bonds is 6. The molecule has 6 heteroatoms. The highest BCUT2D eigenvalue weighted by molar-refractivity contribution is 4.87. The first kappa shape index (κ1) is 16.7. The van der Waals surface area contributed by atoms with E-state index in [1.54, 1.807) is 0 Å². The molecular weight excluding hydrogens is 259 g/mol. The van der Waals surface area contributed by atoms with Crippen molar-refractivity contribution in [3.8, 4) is 0 Å². The minimum absolute atomic E-state index is 0.0409. The quantitative estimate of drug-likeness (QED) is 0.785. The van der Waals surface area contributed by atoms with Crippen LogP contribution in [0.4, 0.5) is 13.2 Å². The Hall–Kier alpha value is -0.330. The van der Waals surface area contributed by atoms with E-state index in [1.165, 1.54) is 4.90 Å². The lowest BCUT2D eigenvalue weighted by Gasteiger charge is -2.39. The molecule has 2 N–H and O–H groups in total. The van der Waals surface area contributed by atoms with E-state index in [-0.39, 0.29) is 19.7 Å². The normalized spacial score (nSPS) is 28.9. The Morgan fingerprint density at radius 2 is 1.84 bits per heavy atom. The van der Waals surface area contributed by atoms with Crippen LogP contribution in [0.2, 0.25) is 0 Å². The van der Waals surface area contributed by atoms with Crippen molar-refractivity contribution in [2.45, 2.75) is 50.8 Å². The summed E-state index contributed by atoms with van der Waals surface area (Å²) >= 11 is 0. The maximum absolute atomic E-state index is 12.5. The zero-order valence-corrected chi connectivity index (χ0v) is 11.4. The molecule has 0 aromatic heterocycles. The zero-order chi connectivity index (χ0) is 14.5. The first-order valence-electron chi connectivity index (χ1n) is 6.86. The summed E-state index contributed by atoms with van der Waals surface area (Å²) in [5.74, 6) is 0.536. The second-order valence-electron chi connectivity index (χ2n) is 5.81. The lowest BCUT2D eigenvalue weighted by atomic mass is 9.79. The van der Waals surface area contributed by atoms with Gasteiger partial charge in [0.15, 0.2) is 0 Å². The van der Waals surface area contributed by atoms with E-state index in [0.717, 1.165) is 12.8 Å². The summed E-state index contributed by atoms with van der Waals surface area (Å²) in [5, 5.41) is 19.1. The van der Waals surface area contributed by atoms with Crippen molar-refractivity contribution in [3.63, 3.8) is 0 Å². The first-order chi connectivity index (χ1) is 8.74. The van der Waals surface area contributed by atoms with Gasteiger partial charge in [0.25, 0.3) is 0 Å². The topological polar surface area (TPSA) is 43.7 Å². The van der Waals surface area contributed by atoms with Crippen LogP contribution >= 0.6 is 0 Å². The molecule has 0 saturated heterocycles. The largest absolute Gasteiger partial charge is 0.401 e. The van der Waals surface area contributed by atoms with E-state index in [1.807, 2.05) is 0 Å². The Bertz CT molecular complexity index is 263. The van der Waals surface area contributed by atoms with Gasteiger partial charge < -0.3 is 10.2 Å². The third-order valence-electron chi connectivity index (χ3n) is 3.76. The fraction of sp³-hybridized carbons (Fsp3) is 1.00. The van der Waals surface area contributed by atoms with Crippen LogP contribution in [0.5, 0.6) is 0 Å². The number of hydrogen-bond donors (Lipinski definition) is 2. The molecule has 3 nitrogen and oxygen atoms in total. The minimum atomic E-state index is -4.27. The summed E-state index contributed by atoms with van der Waals surface area (Å²) < 4.78 is 37.5.